The molecule has 1 unspecified atom stereocenters. The van der Waals surface area contributed by atoms with E-state index in [2.05, 4.69) is 13.8 Å². The molecule has 0 bridgehead atoms. The molecule has 0 N–H and O–H groups in total. The van der Waals surface area contributed by atoms with Crippen LogP contribution in [-0.4, -0.2) is 62.1 Å². The van der Waals surface area contributed by atoms with E-state index in [-0.39, 0.29) is 53.8 Å². The minimum atomic E-state index is -0.628. The summed E-state index contributed by atoms with van der Waals surface area (Å²) in [4.78, 5) is 36.2. The molecule has 0 aromatic rings. The van der Waals surface area contributed by atoms with Crippen LogP contribution in [0, 0.1) is 28.6 Å². The molecule has 0 radical (unpaired) electrons. The van der Waals surface area contributed by atoms with Crippen LogP contribution in [0.15, 0.2) is 0 Å². The van der Waals surface area contributed by atoms with E-state index >= 15 is 0 Å². The molecule has 8 heteroatoms. The van der Waals surface area contributed by atoms with Gasteiger partial charge in [0.05, 0.1) is 18.6 Å². The second kappa shape index (κ2) is 9.41. The van der Waals surface area contributed by atoms with Gasteiger partial charge in [-0.2, -0.15) is 0 Å². The summed E-state index contributed by atoms with van der Waals surface area (Å²) in [6.07, 6.45) is 4.32. The highest BCUT2D eigenvalue weighted by Crippen LogP contribution is 2.69. The maximum Gasteiger partial charge on any atom is 0.302 e. The molecule has 0 amide bonds. The van der Waals surface area contributed by atoms with Crippen molar-refractivity contribution in [2.24, 2.45) is 28.6 Å². The first kappa shape index (κ1) is 25.4. The zero-order chi connectivity index (χ0) is 24.7. The Hall–Kier alpha value is -1.67. The molecule has 0 aromatic heterocycles. The Labute approximate surface area is 202 Å². The Kier molecular flexibility index (Phi) is 7.04. The van der Waals surface area contributed by atoms with Crippen LogP contribution < -0.4 is 0 Å². The Morgan fingerprint density at radius 1 is 1.09 bits per heavy atom. The van der Waals surface area contributed by atoms with E-state index in [4.69, 9.17) is 23.7 Å². The summed E-state index contributed by atoms with van der Waals surface area (Å²) in [6, 6.07) is 0. The highest BCUT2D eigenvalue weighted by Gasteiger charge is 2.75. The van der Waals surface area contributed by atoms with E-state index in [0.29, 0.717) is 32.7 Å². The van der Waals surface area contributed by atoms with Crippen LogP contribution in [0.3, 0.4) is 0 Å². The molecule has 8 nitrogen and oxygen atoms in total. The molecule has 2 saturated heterocycles. The lowest BCUT2D eigenvalue weighted by atomic mass is 9.42. The van der Waals surface area contributed by atoms with Gasteiger partial charge >= 0.3 is 17.9 Å². The molecule has 2 aliphatic heterocycles. The molecule has 2 aliphatic carbocycles. The third kappa shape index (κ3) is 4.36. The average Bonchev–Trinajstić information content (AvgIpc) is 3.30. The largest absolute Gasteiger partial charge is 0.465 e. The first-order valence-electron chi connectivity index (χ1n) is 12.7. The van der Waals surface area contributed by atoms with Crippen LogP contribution in [0.4, 0.5) is 0 Å². The molecule has 4 rings (SSSR count). The van der Waals surface area contributed by atoms with Crippen molar-refractivity contribution in [3.05, 3.63) is 0 Å². The minimum Gasteiger partial charge on any atom is -0.465 e. The van der Waals surface area contributed by atoms with Crippen LogP contribution in [0.5, 0.6) is 0 Å². The second-order valence-electron chi connectivity index (χ2n) is 11.3. The quantitative estimate of drug-likeness (QED) is 0.310. The third-order valence-corrected chi connectivity index (χ3v) is 9.37. The van der Waals surface area contributed by atoms with Gasteiger partial charge in [0.2, 0.25) is 0 Å². The number of hydrogen-bond donors (Lipinski definition) is 0. The lowest BCUT2D eigenvalue weighted by Crippen LogP contribution is -2.67. The summed E-state index contributed by atoms with van der Waals surface area (Å²) < 4.78 is 29.4. The number of ether oxygens (including phenoxy) is 5. The fraction of sp³-hybridized carbons (Fsp3) is 0.885. The molecule has 0 aromatic carbocycles. The monoisotopic (exact) mass is 480 g/mol. The summed E-state index contributed by atoms with van der Waals surface area (Å²) in [5.41, 5.74) is -1.32. The Bertz CT molecular complexity index is 801. The number of rotatable bonds is 7. The number of epoxide rings is 1. The SMILES string of the molecule is CC(=O)OC[C@@]12[C@@H](OC(C)=O)C[C@@H](C)[C@](C)(C[C@H](OC(C)=O)C3CCOC3)[C@H]1CCC[C@]21CO1. The van der Waals surface area contributed by atoms with Crippen LogP contribution in [0.25, 0.3) is 0 Å². The third-order valence-electron chi connectivity index (χ3n) is 9.37. The molecule has 4 fully saturated rings. The number of carbonyl (C=O) groups excluding carboxylic acids is 3. The zero-order valence-corrected chi connectivity index (χ0v) is 21.2. The van der Waals surface area contributed by atoms with E-state index in [9.17, 15) is 14.4 Å². The van der Waals surface area contributed by atoms with Crippen molar-refractivity contribution >= 4 is 17.9 Å². The first-order chi connectivity index (χ1) is 16.0. The van der Waals surface area contributed by atoms with E-state index < -0.39 is 17.1 Å². The van der Waals surface area contributed by atoms with Gasteiger partial charge in [-0.15, -0.1) is 0 Å². The van der Waals surface area contributed by atoms with Gasteiger partial charge in [0.15, 0.2) is 0 Å². The van der Waals surface area contributed by atoms with Crippen LogP contribution in [0.1, 0.15) is 73.1 Å². The zero-order valence-electron chi connectivity index (χ0n) is 21.2. The van der Waals surface area contributed by atoms with Gasteiger partial charge in [-0.3, -0.25) is 14.4 Å². The Balaban J connectivity index is 1.75. The predicted octanol–water partition coefficient (Wildman–Crippen LogP) is 3.44. The molecule has 1 spiro atoms. The van der Waals surface area contributed by atoms with Crippen molar-refractivity contribution in [2.45, 2.75) is 91.0 Å². The van der Waals surface area contributed by atoms with E-state index in [1.165, 1.54) is 20.8 Å². The van der Waals surface area contributed by atoms with Crippen LogP contribution in [0.2, 0.25) is 0 Å². The lowest BCUT2D eigenvalue weighted by molar-refractivity contribution is -0.234. The lowest BCUT2D eigenvalue weighted by Gasteiger charge is -2.63. The number of hydrogen-bond acceptors (Lipinski definition) is 8. The molecular formula is C26H40O8. The summed E-state index contributed by atoms with van der Waals surface area (Å²) in [6.45, 7) is 10.8. The van der Waals surface area contributed by atoms with Gasteiger partial charge < -0.3 is 23.7 Å². The van der Waals surface area contributed by atoms with Gasteiger partial charge in [0, 0.05) is 33.3 Å². The number of fused-ring (bicyclic) bond motifs is 2. The smallest absolute Gasteiger partial charge is 0.302 e. The fourth-order valence-electron chi connectivity index (χ4n) is 7.52. The number of esters is 3. The second-order valence-corrected chi connectivity index (χ2v) is 11.3. The molecule has 2 heterocycles. The van der Waals surface area contributed by atoms with Crippen molar-refractivity contribution in [1.82, 2.24) is 0 Å². The van der Waals surface area contributed by atoms with E-state index in [1.54, 1.807) is 0 Å². The van der Waals surface area contributed by atoms with Gasteiger partial charge in [0.25, 0.3) is 0 Å². The summed E-state index contributed by atoms with van der Waals surface area (Å²) >= 11 is 0. The highest BCUT2D eigenvalue weighted by molar-refractivity contribution is 5.67. The maximum absolute atomic E-state index is 12.2. The average molecular weight is 481 g/mol. The standard InChI is InChI=1S/C26H40O8/c1-16-11-23(34-19(4)29)26(15-31-17(2)27)22(7-6-9-25(26)14-32-25)24(16,5)12-21(33-18(3)28)20-8-10-30-13-20/h16,20-23H,6-15H2,1-5H3/t16-,20?,21+,22-,23+,24+,25+,26+/m1/s1. The van der Waals surface area contributed by atoms with Crippen LogP contribution in [-0.2, 0) is 38.1 Å². The Morgan fingerprint density at radius 2 is 1.82 bits per heavy atom. The molecule has 34 heavy (non-hydrogen) atoms. The Morgan fingerprint density at radius 3 is 2.38 bits per heavy atom. The highest BCUT2D eigenvalue weighted by atomic mass is 16.6. The van der Waals surface area contributed by atoms with Gasteiger partial charge in [-0.1, -0.05) is 20.3 Å². The van der Waals surface area contributed by atoms with E-state index in [1.807, 2.05) is 0 Å². The van der Waals surface area contributed by atoms with Gasteiger partial charge in [-0.05, 0) is 49.4 Å². The topological polar surface area (TPSA) is 101 Å². The van der Waals surface area contributed by atoms with Crippen molar-refractivity contribution in [2.75, 3.05) is 26.4 Å². The van der Waals surface area contributed by atoms with Gasteiger partial charge in [0.1, 0.15) is 24.4 Å². The normalized spacial score (nSPS) is 41.9. The van der Waals surface area contributed by atoms with Crippen molar-refractivity contribution in [1.29, 1.82) is 0 Å². The van der Waals surface area contributed by atoms with Crippen molar-refractivity contribution in [3.8, 4) is 0 Å². The molecule has 192 valence electrons. The molecular weight excluding hydrogens is 440 g/mol. The molecule has 8 atom stereocenters. The minimum absolute atomic E-state index is 0.0732. The van der Waals surface area contributed by atoms with Crippen molar-refractivity contribution < 1.29 is 38.1 Å². The van der Waals surface area contributed by atoms with E-state index in [0.717, 1.165) is 25.7 Å². The number of carbonyl (C=O) groups is 3. The van der Waals surface area contributed by atoms with Gasteiger partial charge in [-0.25, -0.2) is 0 Å². The first-order valence-corrected chi connectivity index (χ1v) is 12.7. The van der Waals surface area contributed by atoms with Crippen LogP contribution >= 0.6 is 0 Å². The predicted molar refractivity (Wildman–Crippen MR) is 122 cm³/mol. The summed E-state index contributed by atoms with van der Waals surface area (Å²) in [5.74, 6) is -0.526. The fourth-order valence-corrected chi connectivity index (χ4v) is 7.52. The summed E-state index contributed by atoms with van der Waals surface area (Å²) in [7, 11) is 0. The summed E-state index contributed by atoms with van der Waals surface area (Å²) in [5, 5.41) is 0. The molecule has 2 saturated carbocycles. The van der Waals surface area contributed by atoms with Crippen molar-refractivity contribution in [3.63, 3.8) is 0 Å². The molecule has 4 aliphatic rings. The maximum atomic E-state index is 12.2.